The van der Waals surface area contributed by atoms with Crippen LogP contribution in [0.2, 0.25) is 0 Å². The van der Waals surface area contributed by atoms with Crippen molar-refractivity contribution >= 4 is 5.69 Å². The van der Waals surface area contributed by atoms with Gasteiger partial charge in [-0.05, 0) is 47.4 Å². The summed E-state index contributed by atoms with van der Waals surface area (Å²) in [6, 6.07) is 10.9. The zero-order valence-corrected chi connectivity index (χ0v) is 13.1. The standard InChI is InChI=1S/C17H19N2O4/c1-22-15-9-12-7-8-18-17(14(12)10-16(15)23-2)11-3-5-13(6-4-11)19(20)21/h3-6,9-10,17-18,20H,7-8H2,1-2H3/q-1. The molecule has 0 amide bonds. The van der Waals surface area contributed by atoms with Crippen molar-refractivity contribution in [2.75, 3.05) is 26.0 Å². The van der Waals surface area contributed by atoms with Crippen LogP contribution in [0.5, 0.6) is 11.5 Å². The van der Waals surface area contributed by atoms with Gasteiger partial charge >= 0.3 is 0 Å². The first kappa shape index (κ1) is 15.6. The summed E-state index contributed by atoms with van der Waals surface area (Å²) in [4.78, 5) is 0. The second-order valence-corrected chi connectivity index (χ2v) is 5.41. The van der Waals surface area contributed by atoms with Gasteiger partial charge in [0.15, 0.2) is 11.5 Å². The number of benzene rings is 2. The Morgan fingerprint density at radius 1 is 1.13 bits per heavy atom. The van der Waals surface area contributed by atoms with E-state index in [-0.39, 0.29) is 17.0 Å². The number of fused-ring (bicyclic) bond motifs is 1. The first-order valence-electron chi connectivity index (χ1n) is 7.38. The van der Waals surface area contributed by atoms with E-state index in [1.54, 1.807) is 26.4 Å². The fourth-order valence-electron chi connectivity index (χ4n) is 2.97. The van der Waals surface area contributed by atoms with E-state index in [0.717, 1.165) is 29.8 Å². The molecule has 2 N–H and O–H groups in total. The van der Waals surface area contributed by atoms with Gasteiger partial charge < -0.3 is 25.2 Å². The average molecular weight is 315 g/mol. The largest absolute Gasteiger partial charge is 0.733 e. The van der Waals surface area contributed by atoms with Gasteiger partial charge in [-0.25, -0.2) is 0 Å². The van der Waals surface area contributed by atoms with Crippen LogP contribution in [0.3, 0.4) is 0 Å². The number of ether oxygens (including phenoxy) is 2. The van der Waals surface area contributed by atoms with Gasteiger partial charge in [-0.15, -0.1) is 0 Å². The molecule has 1 aliphatic rings. The molecule has 0 radical (unpaired) electrons. The van der Waals surface area contributed by atoms with Crippen molar-refractivity contribution in [1.82, 2.24) is 5.32 Å². The number of methoxy groups -OCH3 is 2. The zero-order valence-electron chi connectivity index (χ0n) is 13.1. The molecule has 2 aromatic rings. The van der Waals surface area contributed by atoms with Gasteiger partial charge in [0, 0.05) is 6.54 Å². The van der Waals surface area contributed by atoms with E-state index in [0.29, 0.717) is 5.75 Å². The highest BCUT2D eigenvalue weighted by Gasteiger charge is 2.23. The Morgan fingerprint density at radius 3 is 2.39 bits per heavy atom. The van der Waals surface area contributed by atoms with Crippen LogP contribution in [0.15, 0.2) is 36.4 Å². The SMILES string of the molecule is COc1cc2c(cc1OC)C(c1ccc(N([O-])O)cc1)NCC2. The lowest BCUT2D eigenvalue weighted by Crippen LogP contribution is -2.30. The molecule has 6 heteroatoms. The average Bonchev–Trinajstić information content (AvgIpc) is 2.60. The Morgan fingerprint density at radius 2 is 1.78 bits per heavy atom. The molecule has 3 rings (SSSR count). The van der Waals surface area contributed by atoms with Gasteiger partial charge in [0.2, 0.25) is 0 Å². The summed E-state index contributed by atoms with van der Waals surface area (Å²) in [5.74, 6) is 1.42. The number of hydrogen-bond donors (Lipinski definition) is 2. The second kappa shape index (κ2) is 6.45. The monoisotopic (exact) mass is 315 g/mol. The molecule has 1 heterocycles. The maximum absolute atomic E-state index is 10.9. The van der Waals surface area contributed by atoms with Gasteiger partial charge in [-0.1, -0.05) is 12.1 Å². The van der Waals surface area contributed by atoms with Gasteiger partial charge in [0.1, 0.15) is 0 Å². The van der Waals surface area contributed by atoms with Crippen molar-refractivity contribution in [3.05, 3.63) is 58.3 Å². The predicted molar refractivity (Wildman–Crippen MR) is 87.2 cm³/mol. The van der Waals surface area contributed by atoms with Crippen molar-refractivity contribution in [1.29, 1.82) is 0 Å². The number of nitrogens with zero attached hydrogens (tertiary/aromatic N) is 1. The Hall–Kier alpha value is -2.28. The maximum Gasteiger partial charge on any atom is 0.161 e. The summed E-state index contributed by atoms with van der Waals surface area (Å²) in [5, 5.41) is 23.2. The minimum atomic E-state index is -0.139. The van der Waals surface area contributed by atoms with Crippen molar-refractivity contribution in [2.24, 2.45) is 0 Å². The lowest BCUT2D eigenvalue weighted by molar-refractivity contribution is 0.296. The fourth-order valence-corrected chi connectivity index (χ4v) is 2.97. The highest BCUT2D eigenvalue weighted by Crippen LogP contribution is 2.37. The maximum atomic E-state index is 10.9. The lowest BCUT2D eigenvalue weighted by atomic mass is 9.89. The van der Waals surface area contributed by atoms with Gasteiger partial charge in [0.25, 0.3) is 0 Å². The molecule has 0 saturated heterocycles. The highest BCUT2D eigenvalue weighted by molar-refractivity contribution is 5.53. The van der Waals surface area contributed by atoms with Crippen LogP contribution in [0.4, 0.5) is 5.69 Å². The van der Waals surface area contributed by atoms with Crippen molar-refractivity contribution < 1.29 is 14.7 Å². The van der Waals surface area contributed by atoms with E-state index in [9.17, 15) is 5.21 Å². The number of anilines is 1. The summed E-state index contributed by atoms with van der Waals surface area (Å²) < 4.78 is 10.8. The predicted octanol–water partition coefficient (Wildman–Crippen LogP) is 2.63. The van der Waals surface area contributed by atoms with E-state index in [2.05, 4.69) is 5.32 Å². The first-order chi connectivity index (χ1) is 11.1. The molecule has 2 aromatic carbocycles. The van der Waals surface area contributed by atoms with E-state index in [1.165, 1.54) is 5.56 Å². The summed E-state index contributed by atoms with van der Waals surface area (Å²) in [6.07, 6.45) is 0.912. The third kappa shape index (κ3) is 2.96. The molecule has 0 bridgehead atoms. The molecule has 23 heavy (non-hydrogen) atoms. The van der Waals surface area contributed by atoms with Crippen LogP contribution >= 0.6 is 0 Å². The van der Waals surface area contributed by atoms with Crippen molar-refractivity contribution in [3.63, 3.8) is 0 Å². The van der Waals surface area contributed by atoms with Crippen LogP contribution in [-0.4, -0.2) is 26.0 Å². The summed E-state index contributed by atoms with van der Waals surface area (Å²) in [6.45, 7) is 0.850. The third-order valence-corrected chi connectivity index (χ3v) is 4.15. The minimum absolute atomic E-state index is 0.00593. The Kier molecular flexibility index (Phi) is 4.38. The Labute approximate surface area is 134 Å². The third-order valence-electron chi connectivity index (χ3n) is 4.15. The Balaban J connectivity index is 2.00. The summed E-state index contributed by atoms with van der Waals surface area (Å²) in [5.41, 5.74) is 3.56. The molecule has 6 nitrogen and oxygen atoms in total. The highest BCUT2D eigenvalue weighted by atomic mass is 16.8. The first-order valence-corrected chi connectivity index (χ1v) is 7.38. The van der Waals surface area contributed by atoms with Crippen LogP contribution in [-0.2, 0) is 6.42 Å². The lowest BCUT2D eigenvalue weighted by Gasteiger charge is -2.29. The van der Waals surface area contributed by atoms with Gasteiger partial charge in [-0.3, -0.25) is 5.21 Å². The summed E-state index contributed by atoms with van der Waals surface area (Å²) in [7, 11) is 3.25. The van der Waals surface area contributed by atoms with Crippen LogP contribution in [0, 0.1) is 5.21 Å². The van der Waals surface area contributed by atoms with Crippen molar-refractivity contribution in [3.8, 4) is 11.5 Å². The molecular formula is C17H19N2O4-. The minimum Gasteiger partial charge on any atom is -0.733 e. The quantitative estimate of drug-likeness (QED) is 0.845. The molecule has 0 spiro atoms. The number of nitrogens with one attached hydrogen (secondary N) is 1. The molecule has 1 aliphatic heterocycles. The van der Waals surface area contributed by atoms with Gasteiger partial charge in [0.05, 0.1) is 25.9 Å². The molecule has 1 atom stereocenters. The molecular weight excluding hydrogens is 296 g/mol. The van der Waals surface area contributed by atoms with E-state index < -0.39 is 0 Å². The molecule has 1 unspecified atom stereocenters. The molecule has 0 fully saturated rings. The molecule has 122 valence electrons. The van der Waals surface area contributed by atoms with Crippen LogP contribution in [0.1, 0.15) is 22.7 Å². The smallest absolute Gasteiger partial charge is 0.161 e. The normalized spacial score (nSPS) is 16.6. The van der Waals surface area contributed by atoms with E-state index >= 15 is 0 Å². The van der Waals surface area contributed by atoms with Crippen LogP contribution < -0.4 is 20.0 Å². The Bertz CT molecular complexity index is 686. The molecule has 0 aromatic heterocycles. The number of rotatable bonds is 4. The topological polar surface area (TPSA) is 77.0 Å². The fraction of sp³-hybridized carbons (Fsp3) is 0.294. The second-order valence-electron chi connectivity index (χ2n) is 5.41. The molecule has 0 aliphatic carbocycles. The van der Waals surface area contributed by atoms with E-state index in [1.807, 2.05) is 24.3 Å². The van der Waals surface area contributed by atoms with Crippen molar-refractivity contribution in [2.45, 2.75) is 12.5 Å². The summed E-state index contributed by atoms with van der Waals surface area (Å²) >= 11 is 0. The van der Waals surface area contributed by atoms with E-state index in [4.69, 9.17) is 14.7 Å². The number of hydrogen-bond acceptors (Lipinski definition) is 6. The molecule has 0 saturated carbocycles. The zero-order chi connectivity index (χ0) is 16.4. The van der Waals surface area contributed by atoms with Crippen LogP contribution in [0.25, 0.3) is 0 Å². The van der Waals surface area contributed by atoms with Gasteiger partial charge in [-0.2, -0.15) is 0 Å².